The second-order valence-corrected chi connectivity index (χ2v) is 6.36. The first kappa shape index (κ1) is 15.8. The summed E-state index contributed by atoms with van der Waals surface area (Å²) in [5.74, 6) is 1.18. The number of carbonyl (C=O) groups excluding carboxylic acids is 1. The van der Waals surface area contributed by atoms with Crippen LogP contribution in [0.4, 0.5) is 0 Å². The number of methoxy groups -OCH3 is 2. The molecular weight excluding hydrogens is 314 g/mol. The first-order chi connectivity index (χ1) is 12.2. The van der Waals surface area contributed by atoms with E-state index in [1.165, 1.54) is 17.4 Å². The summed E-state index contributed by atoms with van der Waals surface area (Å²) in [7, 11) is 3.17. The quantitative estimate of drug-likeness (QED) is 0.719. The molecule has 0 bridgehead atoms. The van der Waals surface area contributed by atoms with Crippen LogP contribution in [-0.4, -0.2) is 24.7 Å². The minimum Gasteiger partial charge on any atom is -0.493 e. The van der Waals surface area contributed by atoms with Gasteiger partial charge in [0.1, 0.15) is 0 Å². The van der Waals surface area contributed by atoms with Crippen molar-refractivity contribution in [2.45, 2.75) is 25.7 Å². The lowest BCUT2D eigenvalue weighted by atomic mass is 9.95. The number of ether oxygens (including phenoxy) is 2. The molecule has 25 heavy (non-hydrogen) atoms. The van der Waals surface area contributed by atoms with Gasteiger partial charge in [-0.15, -0.1) is 0 Å². The van der Waals surface area contributed by atoms with Crippen molar-refractivity contribution in [3.63, 3.8) is 0 Å². The molecule has 0 atom stereocenters. The van der Waals surface area contributed by atoms with Crippen LogP contribution in [0.3, 0.4) is 0 Å². The van der Waals surface area contributed by atoms with Gasteiger partial charge in [-0.25, -0.2) is 0 Å². The molecule has 0 radical (unpaired) electrons. The molecule has 2 aromatic carbocycles. The number of hydrogen-bond donors (Lipinski definition) is 0. The van der Waals surface area contributed by atoms with E-state index in [9.17, 15) is 4.79 Å². The maximum atomic E-state index is 13.3. The Labute approximate surface area is 147 Å². The third kappa shape index (κ3) is 2.49. The Morgan fingerprint density at radius 3 is 2.52 bits per heavy atom. The summed E-state index contributed by atoms with van der Waals surface area (Å²) in [4.78, 5) is 13.3. The zero-order valence-corrected chi connectivity index (χ0v) is 14.5. The molecule has 1 aromatic heterocycles. The van der Waals surface area contributed by atoms with Gasteiger partial charge in [0.2, 0.25) is 0 Å². The van der Waals surface area contributed by atoms with Gasteiger partial charge in [-0.05, 0) is 55.5 Å². The van der Waals surface area contributed by atoms with Gasteiger partial charge in [-0.2, -0.15) is 0 Å². The topological polar surface area (TPSA) is 40.5 Å². The monoisotopic (exact) mass is 335 g/mol. The van der Waals surface area contributed by atoms with Crippen molar-refractivity contribution >= 4 is 16.8 Å². The van der Waals surface area contributed by atoms with E-state index in [4.69, 9.17) is 9.47 Å². The summed E-state index contributed by atoms with van der Waals surface area (Å²) in [6, 6.07) is 13.5. The first-order valence-corrected chi connectivity index (χ1v) is 8.62. The summed E-state index contributed by atoms with van der Waals surface area (Å²) in [5, 5.41) is 1.20. The fourth-order valence-corrected chi connectivity index (χ4v) is 3.83. The highest BCUT2D eigenvalue weighted by molar-refractivity contribution is 6.04. The predicted molar refractivity (Wildman–Crippen MR) is 97.9 cm³/mol. The molecule has 4 nitrogen and oxygen atoms in total. The van der Waals surface area contributed by atoms with Crippen molar-refractivity contribution in [3.8, 4) is 11.5 Å². The van der Waals surface area contributed by atoms with Gasteiger partial charge >= 0.3 is 0 Å². The van der Waals surface area contributed by atoms with Crippen molar-refractivity contribution in [3.05, 3.63) is 59.3 Å². The molecule has 0 saturated carbocycles. The van der Waals surface area contributed by atoms with Crippen LogP contribution in [-0.2, 0) is 12.8 Å². The van der Waals surface area contributed by atoms with Crippen LogP contribution in [0, 0.1) is 0 Å². The maximum Gasteiger partial charge on any atom is 0.262 e. The van der Waals surface area contributed by atoms with Crippen molar-refractivity contribution in [1.82, 2.24) is 4.57 Å². The van der Waals surface area contributed by atoms with Crippen LogP contribution in [0.25, 0.3) is 10.9 Å². The first-order valence-electron chi connectivity index (χ1n) is 8.62. The lowest BCUT2D eigenvalue weighted by Crippen LogP contribution is -2.17. The average molecular weight is 335 g/mol. The lowest BCUT2D eigenvalue weighted by Gasteiger charge is -2.16. The van der Waals surface area contributed by atoms with Crippen molar-refractivity contribution in [1.29, 1.82) is 0 Å². The largest absolute Gasteiger partial charge is 0.493 e. The Hall–Kier alpha value is -2.75. The van der Waals surface area contributed by atoms with Crippen molar-refractivity contribution in [2.75, 3.05) is 14.2 Å². The molecule has 1 aliphatic rings. The SMILES string of the molecule is COc1ccc(C(=O)n2c3c(c4ccccc42)CCCC3)cc1OC. The highest BCUT2D eigenvalue weighted by Crippen LogP contribution is 2.34. The third-order valence-electron chi connectivity index (χ3n) is 5.01. The highest BCUT2D eigenvalue weighted by Gasteiger charge is 2.24. The number of rotatable bonds is 3. The van der Waals surface area contributed by atoms with E-state index in [1.54, 1.807) is 32.4 Å². The number of nitrogens with zero attached hydrogens (tertiary/aromatic N) is 1. The molecule has 0 fully saturated rings. The molecule has 1 aliphatic carbocycles. The second kappa shape index (κ2) is 6.28. The molecule has 0 N–H and O–H groups in total. The van der Waals surface area contributed by atoms with Gasteiger partial charge in [0.25, 0.3) is 5.91 Å². The van der Waals surface area contributed by atoms with Gasteiger partial charge < -0.3 is 9.47 Å². The third-order valence-corrected chi connectivity index (χ3v) is 5.01. The average Bonchev–Trinajstić information content (AvgIpc) is 3.01. The molecule has 0 saturated heterocycles. The Kier molecular flexibility index (Phi) is 3.96. The molecule has 0 amide bonds. The zero-order valence-electron chi connectivity index (χ0n) is 14.5. The van der Waals surface area contributed by atoms with Crippen LogP contribution in [0.1, 0.15) is 34.5 Å². The van der Waals surface area contributed by atoms with Crippen LogP contribution in [0.2, 0.25) is 0 Å². The highest BCUT2D eigenvalue weighted by atomic mass is 16.5. The number of aryl methyl sites for hydroxylation is 1. The Morgan fingerprint density at radius 1 is 0.960 bits per heavy atom. The maximum absolute atomic E-state index is 13.3. The van der Waals surface area contributed by atoms with Gasteiger partial charge in [0.05, 0.1) is 19.7 Å². The van der Waals surface area contributed by atoms with Gasteiger partial charge in [0.15, 0.2) is 11.5 Å². The second-order valence-electron chi connectivity index (χ2n) is 6.36. The lowest BCUT2D eigenvalue weighted by molar-refractivity contribution is 0.0961. The van der Waals surface area contributed by atoms with E-state index in [-0.39, 0.29) is 5.91 Å². The minimum atomic E-state index is -0.0136. The van der Waals surface area contributed by atoms with Gasteiger partial charge in [-0.1, -0.05) is 18.2 Å². The summed E-state index contributed by atoms with van der Waals surface area (Å²) >= 11 is 0. The van der Waals surface area contributed by atoms with Crippen molar-refractivity contribution < 1.29 is 14.3 Å². The molecule has 128 valence electrons. The van der Waals surface area contributed by atoms with Gasteiger partial charge in [-0.3, -0.25) is 9.36 Å². The van der Waals surface area contributed by atoms with Gasteiger partial charge in [0, 0.05) is 16.6 Å². The molecule has 4 heteroatoms. The number of carbonyl (C=O) groups is 1. The fourth-order valence-electron chi connectivity index (χ4n) is 3.83. The standard InChI is InChI=1S/C21H21NO3/c1-24-19-12-11-14(13-20(19)25-2)21(23)22-17-9-5-3-7-15(17)16-8-4-6-10-18(16)22/h3,5,7,9,11-13H,4,6,8,10H2,1-2H3. The van der Waals surface area contributed by atoms with Crippen molar-refractivity contribution in [2.24, 2.45) is 0 Å². The fraction of sp³-hybridized carbons (Fsp3) is 0.286. The number of aromatic nitrogens is 1. The smallest absolute Gasteiger partial charge is 0.262 e. The van der Waals surface area contributed by atoms with Crippen LogP contribution >= 0.6 is 0 Å². The van der Waals surface area contributed by atoms with E-state index < -0.39 is 0 Å². The Balaban J connectivity index is 1.89. The molecule has 0 unspecified atom stereocenters. The molecular formula is C21H21NO3. The summed E-state index contributed by atoms with van der Waals surface area (Å²) < 4.78 is 12.5. The van der Waals surface area contributed by atoms with E-state index in [2.05, 4.69) is 6.07 Å². The summed E-state index contributed by atoms with van der Waals surface area (Å²) in [6.07, 6.45) is 4.30. The van der Waals surface area contributed by atoms with Crippen LogP contribution in [0.15, 0.2) is 42.5 Å². The summed E-state index contributed by atoms with van der Waals surface area (Å²) in [5.41, 5.74) is 4.09. The van der Waals surface area contributed by atoms with E-state index >= 15 is 0 Å². The summed E-state index contributed by atoms with van der Waals surface area (Å²) in [6.45, 7) is 0. The number of hydrogen-bond acceptors (Lipinski definition) is 3. The van der Waals surface area contributed by atoms with Crippen LogP contribution in [0.5, 0.6) is 11.5 Å². The molecule has 3 aromatic rings. The number of fused-ring (bicyclic) bond motifs is 3. The molecule has 1 heterocycles. The van der Waals surface area contributed by atoms with E-state index in [0.29, 0.717) is 17.1 Å². The molecule has 0 spiro atoms. The number of para-hydroxylation sites is 1. The Morgan fingerprint density at radius 2 is 1.72 bits per heavy atom. The minimum absolute atomic E-state index is 0.0136. The van der Waals surface area contributed by atoms with E-state index in [1.807, 2.05) is 22.8 Å². The zero-order chi connectivity index (χ0) is 17.4. The van der Waals surface area contributed by atoms with E-state index in [0.717, 1.165) is 30.5 Å². The molecule has 4 rings (SSSR count). The van der Waals surface area contributed by atoms with Crippen LogP contribution < -0.4 is 9.47 Å². The molecule has 0 aliphatic heterocycles. The number of benzene rings is 2. The Bertz CT molecular complexity index is 955. The normalized spacial score (nSPS) is 13.5. The predicted octanol–water partition coefficient (Wildman–Crippen LogP) is 4.23.